The van der Waals surface area contributed by atoms with Crippen molar-refractivity contribution in [3.8, 4) is 0 Å². The molecule has 0 aliphatic rings. The van der Waals surface area contributed by atoms with Crippen LogP contribution in [-0.2, 0) is 11.3 Å². The molecule has 1 aromatic heterocycles. The Morgan fingerprint density at radius 1 is 1.33 bits per heavy atom. The number of carboxylic acid groups (broad SMARTS) is 1. The third-order valence-electron chi connectivity index (χ3n) is 3.75. The van der Waals surface area contributed by atoms with Gasteiger partial charge in [0.25, 0.3) is 0 Å². The van der Waals surface area contributed by atoms with Gasteiger partial charge in [0.2, 0.25) is 0 Å². The van der Waals surface area contributed by atoms with E-state index in [1.54, 1.807) is 0 Å². The van der Waals surface area contributed by atoms with Crippen LogP contribution >= 0.6 is 0 Å². The van der Waals surface area contributed by atoms with E-state index < -0.39 is 5.97 Å². The molecule has 0 bridgehead atoms. The Kier molecular flexibility index (Phi) is 4.84. The normalized spacial score (nSPS) is 12.3. The van der Waals surface area contributed by atoms with Gasteiger partial charge in [-0.15, -0.1) is 0 Å². The van der Waals surface area contributed by atoms with E-state index in [2.05, 4.69) is 42.8 Å². The van der Waals surface area contributed by atoms with Crippen molar-refractivity contribution in [3.05, 3.63) is 42.1 Å². The number of aliphatic carboxylic acids is 1. The number of nitrogens with zero attached hydrogens (tertiary/aromatic N) is 1. The summed E-state index contributed by atoms with van der Waals surface area (Å²) >= 11 is 0. The Morgan fingerprint density at radius 3 is 2.76 bits per heavy atom. The number of hydrogen-bond acceptors (Lipinski definition) is 1. The first-order valence-electron chi connectivity index (χ1n) is 7.48. The summed E-state index contributed by atoms with van der Waals surface area (Å²) in [5.41, 5.74) is 2.95. The molecule has 0 atom stereocenters. The standard InChI is InChI=1S/C18H23NO2/c1-13(2)5-4-9-19-10-8-16-12-15(6-7-17(16)19)14(3)11-18(20)21/h6-8,10-13H,4-5,9H2,1-3H3,(H,20,21)/b14-11+. The SMILES string of the molecule is C/C(=C\C(=O)O)c1ccc2c(ccn2CCCC(C)C)c1. The Morgan fingerprint density at radius 2 is 2.10 bits per heavy atom. The Labute approximate surface area is 125 Å². The molecule has 0 amide bonds. The molecule has 112 valence electrons. The molecule has 2 rings (SSSR count). The summed E-state index contributed by atoms with van der Waals surface area (Å²) < 4.78 is 2.28. The van der Waals surface area contributed by atoms with Gasteiger partial charge in [0.05, 0.1) is 0 Å². The largest absolute Gasteiger partial charge is 0.478 e. The molecule has 1 N–H and O–H groups in total. The minimum atomic E-state index is -0.904. The number of aromatic nitrogens is 1. The molecule has 3 nitrogen and oxygen atoms in total. The zero-order chi connectivity index (χ0) is 15.4. The number of rotatable bonds is 6. The zero-order valence-electron chi connectivity index (χ0n) is 13.0. The Balaban J connectivity index is 2.21. The number of carbonyl (C=O) groups is 1. The fourth-order valence-electron chi connectivity index (χ4n) is 2.58. The van der Waals surface area contributed by atoms with Crippen LogP contribution in [-0.4, -0.2) is 15.6 Å². The average Bonchev–Trinajstić information content (AvgIpc) is 2.80. The molecule has 3 heteroatoms. The highest BCUT2D eigenvalue weighted by Gasteiger charge is 2.05. The van der Waals surface area contributed by atoms with E-state index in [9.17, 15) is 4.79 Å². The smallest absolute Gasteiger partial charge is 0.328 e. The molecule has 2 aromatic rings. The van der Waals surface area contributed by atoms with Crippen molar-refractivity contribution in [2.45, 2.75) is 40.2 Å². The monoisotopic (exact) mass is 285 g/mol. The van der Waals surface area contributed by atoms with Gasteiger partial charge in [0.15, 0.2) is 0 Å². The molecule has 0 saturated heterocycles. The first kappa shape index (κ1) is 15.4. The third-order valence-corrected chi connectivity index (χ3v) is 3.75. The highest BCUT2D eigenvalue weighted by molar-refractivity contribution is 5.91. The lowest BCUT2D eigenvalue weighted by Crippen LogP contribution is -1.98. The lowest BCUT2D eigenvalue weighted by Gasteiger charge is -2.08. The van der Waals surface area contributed by atoms with Crippen LogP contribution in [0.4, 0.5) is 0 Å². The summed E-state index contributed by atoms with van der Waals surface area (Å²) in [7, 11) is 0. The lowest BCUT2D eigenvalue weighted by atomic mass is 10.1. The minimum absolute atomic E-state index is 0.738. The molecule has 0 radical (unpaired) electrons. The van der Waals surface area contributed by atoms with Gasteiger partial charge in [-0.1, -0.05) is 19.9 Å². The van der Waals surface area contributed by atoms with Gasteiger partial charge < -0.3 is 9.67 Å². The van der Waals surface area contributed by atoms with Crippen LogP contribution in [0.2, 0.25) is 0 Å². The summed E-state index contributed by atoms with van der Waals surface area (Å²) in [6, 6.07) is 8.24. The van der Waals surface area contributed by atoms with Gasteiger partial charge in [-0.2, -0.15) is 0 Å². The maximum Gasteiger partial charge on any atom is 0.328 e. The van der Waals surface area contributed by atoms with Crippen LogP contribution in [0.5, 0.6) is 0 Å². The molecule has 0 saturated carbocycles. The molecule has 0 spiro atoms. The summed E-state index contributed by atoms with van der Waals surface area (Å²) in [6.07, 6.45) is 5.78. The van der Waals surface area contributed by atoms with Gasteiger partial charge in [0, 0.05) is 29.7 Å². The Hall–Kier alpha value is -2.03. The highest BCUT2D eigenvalue weighted by Crippen LogP contribution is 2.22. The molecule has 21 heavy (non-hydrogen) atoms. The molecule has 0 unspecified atom stereocenters. The topological polar surface area (TPSA) is 42.2 Å². The van der Waals surface area contributed by atoms with Gasteiger partial charge in [-0.25, -0.2) is 4.79 Å². The molecule has 1 aromatic carbocycles. The van der Waals surface area contributed by atoms with Gasteiger partial charge in [-0.05, 0) is 55.0 Å². The maximum atomic E-state index is 10.7. The zero-order valence-corrected chi connectivity index (χ0v) is 13.0. The first-order valence-corrected chi connectivity index (χ1v) is 7.48. The molecular formula is C18H23NO2. The van der Waals surface area contributed by atoms with Crippen molar-refractivity contribution in [3.63, 3.8) is 0 Å². The number of allylic oxidation sites excluding steroid dienone is 1. The maximum absolute atomic E-state index is 10.7. The predicted octanol–water partition coefficient (Wildman–Crippen LogP) is 4.57. The second-order valence-electron chi connectivity index (χ2n) is 5.98. The molecule has 1 heterocycles. The second-order valence-corrected chi connectivity index (χ2v) is 5.98. The average molecular weight is 285 g/mol. The summed E-state index contributed by atoms with van der Waals surface area (Å²) in [5, 5.41) is 9.99. The molecule has 0 aliphatic heterocycles. The van der Waals surface area contributed by atoms with Crippen LogP contribution in [0.15, 0.2) is 36.5 Å². The fourth-order valence-corrected chi connectivity index (χ4v) is 2.58. The van der Waals surface area contributed by atoms with Crippen LogP contribution in [0.1, 0.15) is 39.2 Å². The summed E-state index contributed by atoms with van der Waals surface area (Å²) in [5.74, 6) is -0.166. The minimum Gasteiger partial charge on any atom is -0.478 e. The first-order chi connectivity index (χ1) is 9.97. The highest BCUT2D eigenvalue weighted by atomic mass is 16.4. The van der Waals surface area contributed by atoms with E-state index in [0.717, 1.165) is 29.0 Å². The van der Waals surface area contributed by atoms with E-state index in [1.165, 1.54) is 24.4 Å². The fraction of sp³-hybridized carbons (Fsp3) is 0.389. The second kappa shape index (κ2) is 6.61. The van der Waals surface area contributed by atoms with Crippen molar-refractivity contribution >= 4 is 22.4 Å². The van der Waals surface area contributed by atoms with Crippen molar-refractivity contribution in [2.24, 2.45) is 5.92 Å². The van der Waals surface area contributed by atoms with E-state index >= 15 is 0 Å². The van der Waals surface area contributed by atoms with Crippen molar-refractivity contribution in [1.82, 2.24) is 4.57 Å². The van der Waals surface area contributed by atoms with Crippen molar-refractivity contribution in [2.75, 3.05) is 0 Å². The summed E-state index contributed by atoms with van der Waals surface area (Å²) in [4.78, 5) is 10.7. The van der Waals surface area contributed by atoms with E-state index in [-0.39, 0.29) is 0 Å². The van der Waals surface area contributed by atoms with Crippen LogP contribution in [0, 0.1) is 5.92 Å². The number of benzene rings is 1. The van der Waals surface area contributed by atoms with Crippen LogP contribution < -0.4 is 0 Å². The number of aryl methyl sites for hydroxylation is 1. The van der Waals surface area contributed by atoms with Gasteiger partial charge in [0.1, 0.15) is 0 Å². The number of carboxylic acids is 1. The van der Waals surface area contributed by atoms with Gasteiger partial charge >= 0.3 is 5.97 Å². The summed E-state index contributed by atoms with van der Waals surface area (Å²) in [6.45, 7) is 7.36. The lowest BCUT2D eigenvalue weighted by molar-refractivity contribution is -0.131. The molecular weight excluding hydrogens is 262 g/mol. The number of hydrogen-bond donors (Lipinski definition) is 1. The van der Waals surface area contributed by atoms with E-state index in [4.69, 9.17) is 5.11 Å². The molecule has 0 fully saturated rings. The number of fused-ring (bicyclic) bond motifs is 1. The quantitative estimate of drug-likeness (QED) is 0.790. The van der Waals surface area contributed by atoms with Crippen LogP contribution in [0.3, 0.4) is 0 Å². The van der Waals surface area contributed by atoms with Crippen molar-refractivity contribution in [1.29, 1.82) is 0 Å². The Bertz CT molecular complexity index is 665. The van der Waals surface area contributed by atoms with E-state index in [1.807, 2.05) is 13.0 Å². The molecule has 0 aliphatic carbocycles. The van der Waals surface area contributed by atoms with Crippen molar-refractivity contribution < 1.29 is 9.90 Å². The van der Waals surface area contributed by atoms with Crippen LogP contribution in [0.25, 0.3) is 16.5 Å². The predicted molar refractivity (Wildman–Crippen MR) is 87.3 cm³/mol. The van der Waals surface area contributed by atoms with Gasteiger partial charge in [-0.3, -0.25) is 0 Å². The van der Waals surface area contributed by atoms with E-state index in [0.29, 0.717) is 0 Å². The third kappa shape index (κ3) is 3.97.